The van der Waals surface area contributed by atoms with Crippen molar-refractivity contribution in [3.8, 4) is 5.75 Å². The Morgan fingerprint density at radius 2 is 1.84 bits per heavy atom. The van der Waals surface area contributed by atoms with Crippen LogP contribution in [0.1, 0.15) is 24.1 Å². The summed E-state index contributed by atoms with van der Waals surface area (Å²) in [6.07, 6.45) is 0. The smallest absolute Gasteiger partial charge is 0.138 e. The molecule has 0 heterocycles. The highest BCUT2D eigenvalue weighted by Gasteiger charge is 2.07. The number of hydrogen-bond donors (Lipinski definition) is 1. The van der Waals surface area contributed by atoms with Crippen molar-refractivity contribution in [3.63, 3.8) is 0 Å². The van der Waals surface area contributed by atoms with Gasteiger partial charge in [0, 0.05) is 16.6 Å². The maximum atomic E-state index is 6.17. The normalized spacial score (nSPS) is 12.2. The Labute approximate surface area is 123 Å². The highest BCUT2D eigenvalue weighted by atomic mass is 35.5. The summed E-state index contributed by atoms with van der Waals surface area (Å²) in [5, 5.41) is 1.24. The van der Waals surface area contributed by atoms with Crippen LogP contribution >= 0.6 is 23.2 Å². The molecular formula is C15H15Cl2NO. The van der Waals surface area contributed by atoms with Gasteiger partial charge in [0.25, 0.3) is 0 Å². The van der Waals surface area contributed by atoms with Gasteiger partial charge in [0.15, 0.2) is 0 Å². The monoisotopic (exact) mass is 295 g/mol. The second-order valence-corrected chi connectivity index (χ2v) is 5.17. The second-order valence-electron chi connectivity index (χ2n) is 4.36. The average molecular weight is 296 g/mol. The largest absolute Gasteiger partial charge is 0.487 e. The number of hydrogen-bond acceptors (Lipinski definition) is 2. The Kier molecular flexibility index (Phi) is 4.70. The third kappa shape index (κ3) is 3.63. The van der Waals surface area contributed by atoms with Crippen molar-refractivity contribution < 1.29 is 4.74 Å². The first-order chi connectivity index (χ1) is 9.08. The van der Waals surface area contributed by atoms with Gasteiger partial charge in [-0.3, -0.25) is 0 Å². The van der Waals surface area contributed by atoms with Gasteiger partial charge < -0.3 is 10.5 Å². The maximum absolute atomic E-state index is 6.17. The number of nitrogens with two attached hydrogens (primary N) is 1. The predicted molar refractivity (Wildman–Crippen MR) is 79.8 cm³/mol. The van der Waals surface area contributed by atoms with Crippen molar-refractivity contribution in [1.29, 1.82) is 0 Å². The summed E-state index contributed by atoms with van der Waals surface area (Å²) in [5.41, 5.74) is 7.71. The van der Waals surface area contributed by atoms with Crippen LogP contribution in [0.25, 0.3) is 0 Å². The van der Waals surface area contributed by atoms with Crippen molar-refractivity contribution in [2.45, 2.75) is 19.6 Å². The molecule has 2 nitrogen and oxygen atoms in total. The van der Waals surface area contributed by atoms with E-state index in [-0.39, 0.29) is 6.04 Å². The highest BCUT2D eigenvalue weighted by Crippen LogP contribution is 2.28. The van der Waals surface area contributed by atoms with E-state index in [1.807, 2.05) is 49.4 Å². The zero-order valence-corrected chi connectivity index (χ0v) is 12.1. The van der Waals surface area contributed by atoms with E-state index in [2.05, 4.69) is 0 Å². The number of benzene rings is 2. The van der Waals surface area contributed by atoms with Crippen molar-refractivity contribution >= 4 is 23.2 Å². The van der Waals surface area contributed by atoms with Gasteiger partial charge >= 0.3 is 0 Å². The van der Waals surface area contributed by atoms with E-state index in [0.717, 1.165) is 11.1 Å². The highest BCUT2D eigenvalue weighted by molar-refractivity contribution is 6.32. The lowest BCUT2D eigenvalue weighted by atomic mass is 10.1. The molecule has 0 aliphatic rings. The molecule has 2 N–H and O–H groups in total. The first-order valence-corrected chi connectivity index (χ1v) is 6.74. The Morgan fingerprint density at radius 1 is 1.11 bits per heavy atom. The van der Waals surface area contributed by atoms with Crippen LogP contribution in [0, 0.1) is 0 Å². The fraction of sp³-hybridized carbons (Fsp3) is 0.200. The van der Waals surface area contributed by atoms with Gasteiger partial charge in [0.2, 0.25) is 0 Å². The molecule has 0 aromatic heterocycles. The van der Waals surface area contributed by atoms with Crippen molar-refractivity contribution in [2.75, 3.05) is 0 Å². The first kappa shape index (κ1) is 14.2. The summed E-state index contributed by atoms with van der Waals surface area (Å²) in [5.74, 6) is 0.631. The summed E-state index contributed by atoms with van der Waals surface area (Å²) in [6.45, 7) is 2.30. The Bertz CT molecular complexity index is 570. The van der Waals surface area contributed by atoms with Crippen molar-refractivity contribution in [3.05, 3.63) is 63.6 Å². The van der Waals surface area contributed by atoms with Crippen LogP contribution in [0.2, 0.25) is 10.0 Å². The van der Waals surface area contributed by atoms with Crippen LogP contribution in [-0.4, -0.2) is 0 Å². The van der Waals surface area contributed by atoms with Gasteiger partial charge in [-0.05, 0) is 30.7 Å². The molecule has 2 aromatic rings. The Hall–Kier alpha value is -1.22. The number of halogens is 2. The lowest BCUT2D eigenvalue weighted by Crippen LogP contribution is -2.05. The van der Waals surface area contributed by atoms with E-state index < -0.39 is 0 Å². The van der Waals surface area contributed by atoms with Crippen LogP contribution in [0.4, 0.5) is 0 Å². The van der Waals surface area contributed by atoms with Gasteiger partial charge in [-0.15, -0.1) is 0 Å². The van der Waals surface area contributed by atoms with Crippen molar-refractivity contribution in [2.24, 2.45) is 5.73 Å². The minimum absolute atomic E-state index is 0.0462. The zero-order chi connectivity index (χ0) is 13.8. The molecular weight excluding hydrogens is 281 g/mol. The van der Waals surface area contributed by atoms with Crippen LogP contribution in [0.15, 0.2) is 42.5 Å². The average Bonchev–Trinajstić information content (AvgIpc) is 2.39. The van der Waals surface area contributed by atoms with Crippen LogP contribution in [0.3, 0.4) is 0 Å². The molecule has 0 amide bonds. The molecule has 0 saturated heterocycles. The van der Waals surface area contributed by atoms with Crippen LogP contribution in [0.5, 0.6) is 5.75 Å². The summed E-state index contributed by atoms with van der Waals surface area (Å²) < 4.78 is 5.68. The van der Waals surface area contributed by atoms with E-state index in [9.17, 15) is 0 Å². The third-order valence-corrected chi connectivity index (χ3v) is 3.49. The molecule has 0 aliphatic heterocycles. The van der Waals surface area contributed by atoms with E-state index in [1.54, 1.807) is 0 Å². The van der Waals surface area contributed by atoms with Gasteiger partial charge in [0.05, 0.1) is 5.02 Å². The van der Waals surface area contributed by atoms with E-state index in [4.69, 9.17) is 33.7 Å². The summed E-state index contributed by atoms with van der Waals surface area (Å²) >= 11 is 12.2. The lowest BCUT2D eigenvalue weighted by molar-refractivity contribution is 0.306. The molecule has 2 aromatic carbocycles. The zero-order valence-electron chi connectivity index (χ0n) is 10.6. The standard InChI is InChI=1S/C15H15Cl2NO/c1-10(18)11-6-7-15(14(17)8-11)19-9-12-4-2-3-5-13(12)16/h2-8,10H,9,18H2,1H3/t10-/m1/s1. The van der Waals surface area contributed by atoms with Crippen molar-refractivity contribution in [1.82, 2.24) is 0 Å². The molecule has 0 saturated carbocycles. The number of ether oxygens (including phenoxy) is 1. The number of rotatable bonds is 4. The molecule has 0 spiro atoms. The maximum Gasteiger partial charge on any atom is 0.138 e. The molecule has 0 bridgehead atoms. The fourth-order valence-corrected chi connectivity index (χ4v) is 2.12. The predicted octanol–water partition coefficient (Wildman–Crippen LogP) is 4.59. The molecule has 0 unspecified atom stereocenters. The Morgan fingerprint density at radius 3 is 2.47 bits per heavy atom. The molecule has 100 valence electrons. The first-order valence-electron chi connectivity index (χ1n) is 5.99. The molecule has 1 atom stereocenters. The third-order valence-electron chi connectivity index (χ3n) is 2.82. The van der Waals surface area contributed by atoms with Crippen LogP contribution in [-0.2, 0) is 6.61 Å². The van der Waals surface area contributed by atoms with Gasteiger partial charge in [-0.2, -0.15) is 0 Å². The van der Waals surface area contributed by atoms with Gasteiger partial charge in [-0.25, -0.2) is 0 Å². The molecule has 0 fully saturated rings. The molecule has 0 radical (unpaired) electrons. The minimum atomic E-state index is -0.0462. The summed E-state index contributed by atoms with van der Waals surface area (Å²) in [7, 11) is 0. The molecule has 4 heteroatoms. The minimum Gasteiger partial charge on any atom is -0.487 e. The second kappa shape index (κ2) is 6.29. The fourth-order valence-electron chi connectivity index (χ4n) is 1.69. The molecule has 19 heavy (non-hydrogen) atoms. The Balaban J connectivity index is 2.10. The molecule has 2 rings (SSSR count). The summed E-state index contributed by atoms with van der Waals surface area (Å²) in [4.78, 5) is 0. The van der Waals surface area contributed by atoms with Gasteiger partial charge in [-0.1, -0.05) is 47.5 Å². The SMILES string of the molecule is C[C@@H](N)c1ccc(OCc2ccccc2Cl)c(Cl)c1. The van der Waals surface area contributed by atoms with E-state index in [0.29, 0.717) is 22.4 Å². The lowest BCUT2D eigenvalue weighted by Gasteiger charge is -2.12. The van der Waals surface area contributed by atoms with Gasteiger partial charge in [0.1, 0.15) is 12.4 Å². The molecule has 0 aliphatic carbocycles. The van der Waals surface area contributed by atoms with E-state index >= 15 is 0 Å². The van der Waals surface area contributed by atoms with E-state index in [1.165, 1.54) is 0 Å². The topological polar surface area (TPSA) is 35.2 Å². The quantitative estimate of drug-likeness (QED) is 0.895. The summed E-state index contributed by atoms with van der Waals surface area (Å²) in [6, 6.07) is 13.1. The van der Waals surface area contributed by atoms with Crippen LogP contribution < -0.4 is 10.5 Å².